The van der Waals surface area contributed by atoms with E-state index in [1.165, 1.54) is 4.88 Å². The Bertz CT molecular complexity index is 406. The van der Waals surface area contributed by atoms with Crippen molar-refractivity contribution in [1.82, 2.24) is 15.1 Å². The number of thiophene rings is 1. The van der Waals surface area contributed by atoms with E-state index in [9.17, 15) is 0 Å². The van der Waals surface area contributed by atoms with Gasteiger partial charge in [0, 0.05) is 29.9 Å². The third-order valence-electron chi connectivity index (χ3n) is 2.78. The van der Waals surface area contributed by atoms with Crippen LogP contribution in [0.3, 0.4) is 0 Å². The Kier molecular flexibility index (Phi) is 4.34. The molecule has 2 heterocycles. The molecule has 1 unspecified atom stereocenters. The monoisotopic (exact) mass is 249 g/mol. The van der Waals surface area contributed by atoms with E-state index in [-0.39, 0.29) is 0 Å². The summed E-state index contributed by atoms with van der Waals surface area (Å²) in [5.74, 6) is 0.603. The van der Waals surface area contributed by atoms with Crippen LogP contribution in [0.5, 0.6) is 0 Å². The van der Waals surface area contributed by atoms with Crippen molar-refractivity contribution in [3.63, 3.8) is 0 Å². The topological polar surface area (TPSA) is 29.9 Å². The zero-order valence-corrected chi connectivity index (χ0v) is 11.2. The van der Waals surface area contributed by atoms with E-state index in [1.54, 1.807) is 0 Å². The van der Waals surface area contributed by atoms with E-state index < -0.39 is 0 Å². The number of hydrogen-bond donors (Lipinski definition) is 1. The molecule has 0 fully saturated rings. The molecule has 0 aromatic carbocycles. The minimum absolute atomic E-state index is 0.450. The third-order valence-corrected chi connectivity index (χ3v) is 3.74. The van der Waals surface area contributed by atoms with Gasteiger partial charge in [-0.2, -0.15) is 5.10 Å². The highest BCUT2D eigenvalue weighted by Crippen LogP contribution is 2.25. The Morgan fingerprint density at radius 2 is 2.29 bits per heavy atom. The lowest BCUT2D eigenvalue weighted by Gasteiger charge is -2.21. The van der Waals surface area contributed by atoms with Crippen molar-refractivity contribution in [2.45, 2.75) is 26.4 Å². The van der Waals surface area contributed by atoms with Crippen LogP contribution >= 0.6 is 11.3 Å². The molecule has 2 aromatic rings. The van der Waals surface area contributed by atoms with Crippen molar-refractivity contribution >= 4 is 11.3 Å². The summed E-state index contributed by atoms with van der Waals surface area (Å²) in [6, 6.07) is 6.73. The lowest BCUT2D eigenvalue weighted by molar-refractivity contribution is 0.402. The summed E-state index contributed by atoms with van der Waals surface area (Å²) in [7, 11) is 0. The van der Waals surface area contributed by atoms with Crippen LogP contribution in [-0.4, -0.2) is 16.3 Å². The first-order chi connectivity index (χ1) is 8.27. The molecular formula is C13H19N3S. The van der Waals surface area contributed by atoms with E-state index in [4.69, 9.17) is 0 Å². The number of nitrogens with one attached hydrogen (secondary N) is 1. The molecule has 0 amide bonds. The molecule has 0 aliphatic rings. The molecule has 2 aromatic heterocycles. The van der Waals surface area contributed by atoms with E-state index in [1.807, 2.05) is 34.5 Å². The standard InChI is InChI=1S/C13H19N3S/c1-11(2)13(12-5-3-10-17-12)14-7-9-16-8-4-6-15-16/h3-6,8,10-11,13-14H,7,9H2,1-2H3. The molecule has 0 saturated heterocycles. The van der Waals surface area contributed by atoms with E-state index >= 15 is 0 Å². The highest BCUT2D eigenvalue weighted by molar-refractivity contribution is 7.10. The van der Waals surface area contributed by atoms with Gasteiger partial charge < -0.3 is 5.32 Å². The fraction of sp³-hybridized carbons (Fsp3) is 0.462. The molecule has 0 aliphatic heterocycles. The molecule has 17 heavy (non-hydrogen) atoms. The highest BCUT2D eigenvalue weighted by atomic mass is 32.1. The Morgan fingerprint density at radius 1 is 1.41 bits per heavy atom. The normalized spacial score (nSPS) is 13.1. The van der Waals surface area contributed by atoms with Crippen LogP contribution in [0.1, 0.15) is 24.8 Å². The molecule has 1 N–H and O–H groups in total. The van der Waals surface area contributed by atoms with Gasteiger partial charge in [-0.25, -0.2) is 0 Å². The summed E-state index contributed by atoms with van der Waals surface area (Å²) < 4.78 is 1.96. The first-order valence-corrected chi connectivity index (χ1v) is 6.89. The maximum atomic E-state index is 4.20. The van der Waals surface area contributed by atoms with Gasteiger partial charge in [0.15, 0.2) is 0 Å². The molecule has 0 aliphatic carbocycles. The van der Waals surface area contributed by atoms with Crippen molar-refractivity contribution < 1.29 is 0 Å². The highest BCUT2D eigenvalue weighted by Gasteiger charge is 2.15. The molecule has 0 spiro atoms. The van der Waals surface area contributed by atoms with Crippen molar-refractivity contribution in [3.8, 4) is 0 Å². The fourth-order valence-corrected chi connectivity index (χ4v) is 2.87. The zero-order valence-electron chi connectivity index (χ0n) is 10.3. The quantitative estimate of drug-likeness (QED) is 0.853. The van der Waals surface area contributed by atoms with Crippen molar-refractivity contribution in [2.75, 3.05) is 6.54 Å². The van der Waals surface area contributed by atoms with Gasteiger partial charge in [0.1, 0.15) is 0 Å². The summed E-state index contributed by atoms with van der Waals surface area (Å²) in [4.78, 5) is 1.42. The van der Waals surface area contributed by atoms with Crippen LogP contribution in [-0.2, 0) is 6.54 Å². The number of rotatable bonds is 6. The predicted octanol–water partition coefficient (Wildman–Crippen LogP) is 2.93. The van der Waals surface area contributed by atoms with Crippen LogP contribution in [0.15, 0.2) is 36.0 Å². The summed E-state index contributed by atoms with van der Waals surface area (Å²) in [6.45, 7) is 6.38. The minimum atomic E-state index is 0.450. The van der Waals surface area contributed by atoms with Gasteiger partial charge in [0.25, 0.3) is 0 Å². The van der Waals surface area contributed by atoms with Crippen LogP contribution in [0.2, 0.25) is 0 Å². The van der Waals surface area contributed by atoms with E-state index in [2.05, 4.69) is 41.8 Å². The Balaban J connectivity index is 1.86. The molecule has 2 rings (SSSR count). The Hall–Kier alpha value is -1.13. The maximum absolute atomic E-state index is 4.20. The van der Waals surface area contributed by atoms with Gasteiger partial charge in [0.05, 0.1) is 6.54 Å². The maximum Gasteiger partial charge on any atom is 0.0534 e. The van der Waals surface area contributed by atoms with Gasteiger partial charge >= 0.3 is 0 Å². The van der Waals surface area contributed by atoms with Gasteiger partial charge in [-0.05, 0) is 23.4 Å². The summed E-state index contributed by atoms with van der Waals surface area (Å²) in [5, 5.41) is 9.95. The molecule has 1 atom stereocenters. The molecule has 0 saturated carbocycles. The second-order valence-corrected chi connectivity index (χ2v) is 5.44. The van der Waals surface area contributed by atoms with Crippen LogP contribution in [0.4, 0.5) is 0 Å². The first-order valence-electron chi connectivity index (χ1n) is 6.01. The van der Waals surface area contributed by atoms with Gasteiger partial charge in [-0.15, -0.1) is 11.3 Å². The van der Waals surface area contributed by atoms with Gasteiger partial charge in [-0.3, -0.25) is 4.68 Å². The van der Waals surface area contributed by atoms with E-state index in [0.717, 1.165) is 13.1 Å². The SMILES string of the molecule is CC(C)C(NCCn1cccn1)c1cccs1. The van der Waals surface area contributed by atoms with E-state index in [0.29, 0.717) is 12.0 Å². The number of aromatic nitrogens is 2. The van der Waals surface area contributed by atoms with Crippen molar-refractivity contribution in [3.05, 3.63) is 40.8 Å². The fourth-order valence-electron chi connectivity index (χ4n) is 1.90. The summed E-state index contributed by atoms with van der Waals surface area (Å²) >= 11 is 1.82. The van der Waals surface area contributed by atoms with Crippen LogP contribution < -0.4 is 5.32 Å². The second-order valence-electron chi connectivity index (χ2n) is 4.46. The Morgan fingerprint density at radius 3 is 2.88 bits per heavy atom. The predicted molar refractivity (Wildman–Crippen MR) is 72.1 cm³/mol. The molecule has 0 bridgehead atoms. The van der Waals surface area contributed by atoms with Crippen LogP contribution in [0.25, 0.3) is 0 Å². The van der Waals surface area contributed by atoms with Gasteiger partial charge in [0.2, 0.25) is 0 Å². The molecule has 92 valence electrons. The molecule has 3 nitrogen and oxygen atoms in total. The molecular weight excluding hydrogens is 230 g/mol. The first kappa shape index (κ1) is 12.3. The smallest absolute Gasteiger partial charge is 0.0534 e. The molecule has 0 radical (unpaired) electrons. The second kappa shape index (κ2) is 5.98. The van der Waals surface area contributed by atoms with Crippen molar-refractivity contribution in [1.29, 1.82) is 0 Å². The van der Waals surface area contributed by atoms with Gasteiger partial charge in [-0.1, -0.05) is 19.9 Å². The summed E-state index contributed by atoms with van der Waals surface area (Å²) in [6.07, 6.45) is 3.82. The lowest BCUT2D eigenvalue weighted by Crippen LogP contribution is -2.28. The largest absolute Gasteiger partial charge is 0.307 e. The van der Waals surface area contributed by atoms with Crippen molar-refractivity contribution in [2.24, 2.45) is 5.92 Å². The average molecular weight is 249 g/mol. The average Bonchev–Trinajstić information content (AvgIpc) is 2.96. The number of hydrogen-bond acceptors (Lipinski definition) is 3. The summed E-state index contributed by atoms with van der Waals surface area (Å²) in [5.41, 5.74) is 0. The Labute approximate surface area is 106 Å². The minimum Gasteiger partial charge on any atom is -0.307 e. The zero-order chi connectivity index (χ0) is 12.1. The molecule has 4 heteroatoms. The number of nitrogens with zero attached hydrogens (tertiary/aromatic N) is 2. The van der Waals surface area contributed by atoms with Crippen LogP contribution in [0, 0.1) is 5.92 Å². The lowest BCUT2D eigenvalue weighted by atomic mass is 10.0. The third kappa shape index (κ3) is 3.41.